The van der Waals surface area contributed by atoms with E-state index in [0.717, 1.165) is 6.92 Å². The third kappa shape index (κ3) is 8.96. The van der Waals surface area contributed by atoms with E-state index >= 15 is 0 Å². The van der Waals surface area contributed by atoms with E-state index < -0.39 is 47.6 Å². The quantitative estimate of drug-likeness (QED) is 0.439. The molecule has 0 aliphatic rings. The van der Waals surface area contributed by atoms with E-state index in [2.05, 4.69) is 0 Å². The molecule has 1 atom stereocenters. The summed E-state index contributed by atoms with van der Waals surface area (Å²) < 4.78 is 42.8. The molecular weight excluding hydrogens is 364 g/mol. The van der Waals surface area contributed by atoms with Crippen molar-refractivity contribution in [2.45, 2.75) is 18.6 Å². The summed E-state index contributed by atoms with van der Waals surface area (Å²) in [6.07, 6.45) is 1.10. The summed E-state index contributed by atoms with van der Waals surface area (Å²) in [6.45, 7) is -0.328. The Labute approximate surface area is 130 Å². The van der Waals surface area contributed by atoms with Crippen molar-refractivity contribution in [2.75, 3.05) is 18.6 Å². The SMILES string of the molecule is CC(C(=O)O)S(=O)(=O)C(=O)CO.CSS(=O)(=O)CCC(=O)O. The van der Waals surface area contributed by atoms with Gasteiger partial charge in [-0.15, -0.1) is 0 Å². The van der Waals surface area contributed by atoms with E-state index in [1.165, 1.54) is 6.26 Å². The van der Waals surface area contributed by atoms with Crippen LogP contribution in [0.3, 0.4) is 0 Å². The van der Waals surface area contributed by atoms with E-state index in [1.807, 2.05) is 0 Å². The highest BCUT2D eigenvalue weighted by Gasteiger charge is 2.33. The molecule has 0 saturated carbocycles. The molecular formula is C9H16O10S3. The molecule has 0 aliphatic heterocycles. The van der Waals surface area contributed by atoms with Crippen molar-refractivity contribution in [3.8, 4) is 0 Å². The molecule has 10 nitrogen and oxygen atoms in total. The molecule has 0 aromatic carbocycles. The molecule has 0 saturated heterocycles. The first-order valence-electron chi connectivity index (χ1n) is 5.42. The molecule has 0 aromatic rings. The minimum atomic E-state index is -4.38. The molecule has 0 rings (SSSR count). The second kappa shape index (κ2) is 9.76. The summed E-state index contributed by atoms with van der Waals surface area (Å²) in [5, 5.41) is 21.2. The van der Waals surface area contributed by atoms with Crippen LogP contribution >= 0.6 is 10.8 Å². The molecule has 0 bridgehead atoms. The predicted octanol–water partition coefficient (Wildman–Crippen LogP) is -1.45. The van der Waals surface area contributed by atoms with Gasteiger partial charge in [-0.25, -0.2) is 16.8 Å². The molecule has 22 heavy (non-hydrogen) atoms. The lowest BCUT2D eigenvalue weighted by molar-refractivity contribution is -0.137. The maximum absolute atomic E-state index is 10.8. The van der Waals surface area contributed by atoms with Crippen LogP contribution in [0.5, 0.6) is 0 Å². The predicted molar refractivity (Wildman–Crippen MR) is 77.7 cm³/mol. The summed E-state index contributed by atoms with van der Waals surface area (Å²) in [5.74, 6) is -2.99. The molecule has 0 spiro atoms. The van der Waals surface area contributed by atoms with Crippen LogP contribution in [-0.4, -0.2) is 73.1 Å². The summed E-state index contributed by atoms with van der Waals surface area (Å²) in [7, 11) is -6.88. The zero-order chi connectivity index (χ0) is 18.1. The Kier molecular flexibility index (Phi) is 10.2. The maximum atomic E-state index is 10.8. The molecule has 0 heterocycles. The fourth-order valence-electron chi connectivity index (χ4n) is 0.716. The Morgan fingerprint density at radius 3 is 1.82 bits per heavy atom. The zero-order valence-electron chi connectivity index (χ0n) is 11.6. The lowest BCUT2D eigenvalue weighted by Crippen LogP contribution is -2.34. The minimum Gasteiger partial charge on any atom is -0.481 e. The summed E-state index contributed by atoms with van der Waals surface area (Å²) in [6, 6.07) is 0. The van der Waals surface area contributed by atoms with Crippen LogP contribution in [0, 0.1) is 0 Å². The van der Waals surface area contributed by atoms with Crippen molar-refractivity contribution in [3.05, 3.63) is 0 Å². The average Bonchev–Trinajstić information content (AvgIpc) is 2.43. The standard InChI is InChI=1S/C5H8O6S.C4H8O4S2/c1-3(5(8)9)12(10,11)4(7)2-6;1-9-10(7,8)3-2-4(5)6/h3,6H,2H2,1H3,(H,8,9);2-3H2,1H3,(H,5,6). The Balaban J connectivity index is 0. The Morgan fingerprint density at radius 2 is 1.55 bits per heavy atom. The number of aliphatic carboxylic acids is 2. The molecule has 0 fully saturated rings. The first kappa shape index (κ1) is 23.1. The minimum absolute atomic E-state index is 0.288. The largest absolute Gasteiger partial charge is 0.481 e. The first-order chi connectivity index (χ1) is 9.81. The smallest absolute Gasteiger partial charge is 0.322 e. The number of carbonyl (C=O) groups excluding carboxylic acids is 1. The highest BCUT2D eigenvalue weighted by Crippen LogP contribution is 2.08. The normalized spacial score (nSPS) is 12.7. The van der Waals surface area contributed by atoms with Gasteiger partial charge in [0.05, 0.1) is 12.2 Å². The van der Waals surface area contributed by atoms with Crippen molar-refractivity contribution in [1.82, 2.24) is 0 Å². The van der Waals surface area contributed by atoms with Gasteiger partial charge in [-0.2, -0.15) is 0 Å². The lowest BCUT2D eigenvalue weighted by atomic mass is 10.5. The van der Waals surface area contributed by atoms with Crippen molar-refractivity contribution < 1.29 is 46.5 Å². The highest BCUT2D eigenvalue weighted by molar-refractivity contribution is 8.71. The molecule has 0 amide bonds. The van der Waals surface area contributed by atoms with Gasteiger partial charge >= 0.3 is 11.9 Å². The molecule has 0 radical (unpaired) electrons. The number of carboxylic acid groups (broad SMARTS) is 2. The molecule has 0 aliphatic carbocycles. The second-order valence-corrected chi connectivity index (χ2v) is 10.3. The lowest BCUT2D eigenvalue weighted by Gasteiger charge is -2.04. The van der Waals surface area contributed by atoms with Crippen molar-refractivity contribution in [2.24, 2.45) is 0 Å². The van der Waals surface area contributed by atoms with Crippen LogP contribution in [-0.2, 0) is 33.1 Å². The van der Waals surface area contributed by atoms with Crippen LogP contribution in [0.2, 0.25) is 0 Å². The van der Waals surface area contributed by atoms with Crippen LogP contribution in [0.15, 0.2) is 0 Å². The Morgan fingerprint density at radius 1 is 1.09 bits per heavy atom. The monoisotopic (exact) mass is 380 g/mol. The van der Waals surface area contributed by atoms with Crippen molar-refractivity contribution >= 4 is 46.6 Å². The molecule has 0 aromatic heterocycles. The van der Waals surface area contributed by atoms with E-state index in [1.54, 1.807) is 0 Å². The van der Waals surface area contributed by atoms with Gasteiger partial charge in [0.15, 0.2) is 5.25 Å². The van der Waals surface area contributed by atoms with Crippen molar-refractivity contribution in [1.29, 1.82) is 0 Å². The van der Waals surface area contributed by atoms with Gasteiger partial charge in [0, 0.05) is 0 Å². The molecule has 3 N–H and O–H groups in total. The average molecular weight is 380 g/mol. The molecule has 130 valence electrons. The van der Waals surface area contributed by atoms with E-state index in [0.29, 0.717) is 10.8 Å². The van der Waals surface area contributed by atoms with Gasteiger partial charge in [0.25, 0.3) is 5.12 Å². The third-order valence-corrected chi connectivity index (χ3v) is 7.21. The number of carboxylic acids is 2. The number of hydrogen-bond acceptors (Lipinski definition) is 9. The van der Waals surface area contributed by atoms with Crippen LogP contribution < -0.4 is 0 Å². The van der Waals surface area contributed by atoms with Gasteiger partial charge in [0.1, 0.15) is 6.61 Å². The van der Waals surface area contributed by atoms with Gasteiger partial charge in [-0.3, -0.25) is 14.4 Å². The summed E-state index contributed by atoms with van der Waals surface area (Å²) >= 11 is 0. The Bertz CT molecular complexity index is 604. The number of carbonyl (C=O) groups is 3. The third-order valence-electron chi connectivity index (χ3n) is 2.08. The Hall–Kier alpha value is -1.18. The van der Waals surface area contributed by atoms with E-state index in [-0.39, 0.29) is 12.2 Å². The van der Waals surface area contributed by atoms with Crippen LogP contribution in [0.25, 0.3) is 0 Å². The maximum Gasteiger partial charge on any atom is 0.322 e. The highest BCUT2D eigenvalue weighted by atomic mass is 33.1. The first-order valence-corrected chi connectivity index (χ1v) is 10.4. The number of hydrogen-bond donors (Lipinski definition) is 3. The number of aliphatic hydroxyl groups excluding tert-OH is 1. The molecule has 1 unspecified atom stereocenters. The fourth-order valence-corrected chi connectivity index (χ4v) is 2.90. The second-order valence-electron chi connectivity index (χ2n) is 3.63. The van der Waals surface area contributed by atoms with Gasteiger partial charge in [-0.1, -0.05) is 0 Å². The zero-order valence-corrected chi connectivity index (χ0v) is 14.1. The molecule has 13 heteroatoms. The summed E-state index contributed by atoms with van der Waals surface area (Å²) in [4.78, 5) is 30.5. The van der Waals surface area contributed by atoms with E-state index in [4.69, 9.17) is 15.3 Å². The van der Waals surface area contributed by atoms with Gasteiger partial charge in [0.2, 0.25) is 18.7 Å². The summed E-state index contributed by atoms with van der Waals surface area (Å²) in [5.41, 5.74) is 0. The topological polar surface area (TPSA) is 180 Å². The van der Waals surface area contributed by atoms with Crippen molar-refractivity contribution in [3.63, 3.8) is 0 Å². The number of sulfone groups is 1. The van der Waals surface area contributed by atoms with E-state index in [9.17, 15) is 31.2 Å². The van der Waals surface area contributed by atoms with Crippen LogP contribution in [0.4, 0.5) is 0 Å². The van der Waals surface area contributed by atoms with Gasteiger partial charge in [-0.05, 0) is 24.0 Å². The van der Waals surface area contributed by atoms with Crippen LogP contribution in [0.1, 0.15) is 13.3 Å². The van der Waals surface area contributed by atoms with Gasteiger partial charge < -0.3 is 15.3 Å². The number of rotatable bonds is 7. The fraction of sp³-hybridized carbons (Fsp3) is 0.667. The number of aliphatic hydroxyl groups is 1.